The van der Waals surface area contributed by atoms with Crippen molar-refractivity contribution in [2.45, 2.75) is 32.2 Å². The van der Waals surface area contributed by atoms with Gasteiger partial charge in [0, 0.05) is 25.8 Å². The summed E-state index contributed by atoms with van der Waals surface area (Å²) in [5.41, 5.74) is -0.101. The standard InChI is InChI=1S/C14H22N4O3/c1-10(8-18-6-4-3-5-7-18)15-13(19)12-11(14(20)21)9-17(2)16-12/h9-10H,3-8H2,1-2H3,(H,15,19)(H,20,21)/t10-/m1/s1. The van der Waals surface area contributed by atoms with Gasteiger partial charge in [-0.2, -0.15) is 5.10 Å². The Kier molecular flexibility index (Phi) is 4.95. The van der Waals surface area contributed by atoms with Crippen molar-refractivity contribution in [3.63, 3.8) is 0 Å². The van der Waals surface area contributed by atoms with E-state index in [1.54, 1.807) is 7.05 Å². The number of likely N-dealkylation sites (tertiary alicyclic amines) is 1. The Balaban J connectivity index is 1.95. The summed E-state index contributed by atoms with van der Waals surface area (Å²) in [6.07, 6.45) is 5.01. The van der Waals surface area contributed by atoms with Crippen LogP contribution in [0.1, 0.15) is 47.0 Å². The third kappa shape index (κ3) is 4.04. The van der Waals surface area contributed by atoms with Gasteiger partial charge in [0.15, 0.2) is 5.69 Å². The van der Waals surface area contributed by atoms with E-state index < -0.39 is 11.9 Å². The molecular weight excluding hydrogens is 272 g/mol. The Bertz CT molecular complexity index is 520. The number of amides is 1. The topological polar surface area (TPSA) is 87.5 Å². The number of rotatable bonds is 5. The van der Waals surface area contributed by atoms with Crippen LogP contribution in [-0.4, -0.2) is 57.3 Å². The molecule has 0 spiro atoms. The summed E-state index contributed by atoms with van der Waals surface area (Å²) in [4.78, 5) is 25.6. The third-order valence-electron chi connectivity index (χ3n) is 3.63. The molecule has 1 aliphatic heterocycles. The molecule has 0 aliphatic carbocycles. The van der Waals surface area contributed by atoms with Gasteiger partial charge in [0.1, 0.15) is 5.56 Å². The zero-order chi connectivity index (χ0) is 15.4. The SMILES string of the molecule is C[C@H](CN1CCCCC1)NC(=O)c1nn(C)cc1C(=O)O. The predicted molar refractivity (Wildman–Crippen MR) is 77.4 cm³/mol. The van der Waals surface area contributed by atoms with Crippen molar-refractivity contribution in [2.75, 3.05) is 19.6 Å². The lowest BCUT2D eigenvalue weighted by molar-refractivity contribution is 0.0690. The first-order valence-corrected chi connectivity index (χ1v) is 7.27. The number of nitrogens with zero attached hydrogens (tertiary/aromatic N) is 3. The molecule has 0 saturated carbocycles. The lowest BCUT2D eigenvalue weighted by atomic mass is 10.1. The first kappa shape index (κ1) is 15.5. The monoisotopic (exact) mass is 294 g/mol. The minimum absolute atomic E-state index is 0.0319. The van der Waals surface area contributed by atoms with E-state index in [2.05, 4.69) is 15.3 Å². The van der Waals surface area contributed by atoms with Gasteiger partial charge >= 0.3 is 5.97 Å². The summed E-state index contributed by atoms with van der Waals surface area (Å²) in [5.74, 6) is -1.57. The summed E-state index contributed by atoms with van der Waals surface area (Å²) >= 11 is 0. The molecule has 1 aromatic heterocycles. The zero-order valence-electron chi connectivity index (χ0n) is 12.5. The predicted octanol–water partition coefficient (Wildman–Crippen LogP) is 0.722. The maximum Gasteiger partial charge on any atom is 0.339 e. The van der Waals surface area contributed by atoms with Crippen LogP contribution in [0.4, 0.5) is 0 Å². The molecule has 2 heterocycles. The molecule has 1 saturated heterocycles. The molecule has 1 aromatic rings. The molecular formula is C14H22N4O3. The van der Waals surface area contributed by atoms with Crippen molar-refractivity contribution in [3.8, 4) is 0 Å². The van der Waals surface area contributed by atoms with Crippen molar-refractivity contribution in [1.82, 2.24) is 20.0 Å². The van der Waals surface area contributed by atoms with Gasteiger partial charge in [-0.25, -0.2) is 4.79 Å². The highest BCUT2D eigenvalue weighted by Crippen LogP contribution is 2.10. The van der Waals surface area contributed by atoms with E-state index in [0.29, 0.717) is 0 Å². The van der Waals surface area contributed by atoms with Crippen LogP contribution in [0.2, 0.25) is 0 Å². The second-order valence-corrected chi connectivity index (χ2v) is 5.61. The van der Waals surface area contributed by atoms with Crippen molar-refractivity contribution in [3.05, 3.63) is 17.5 Å². The minimum atomic E-state index is -1.14. The Morgan fingerprint density at radius 2 is 2.05 bits per heavy atom. The number of piperidine rings is 1. The molecule has 1 atom stereocenters. The van der Waals surface area contributed by atoms with Gasteiger partial charge in [0.2, 0.25) is 0 Å². The van der Waals surface area contributed by atoms with Crippen molar-refractivity contribution in [2.24, 2.45) is 7.05 Å². The average Bonchev–Trinajstić information content (AvgIpc) is 2.82. The number of hydrogen-bond donors (Lipinski definition) is 2. The molecule has 2 rings (SSSR count). The van der Waals surface area contributed by atoms with E-state index in [1.807, 2.05) is 6.92 Å². The Hall–Kier alpha value is -1.89. The van der Waals surface area contributed by atoms with Crippen LogP contribution in [0.5, 0.6) is 0 Å². The van der Waals surface area contributed by atoms with Crippen LogP contribution in [0.25, 0.3) is 0 Å². The highest BCUT2D eigenvalue weighted by molar-refractivity contribution is 6.03. The number of aryl methyl sites for hydroxylation is 1. The first-order valence-electron chi connectivity index (χ1n) is 7.27. The van der Waals surface area contributed by atoms with Crippen LogP contribution in [0.3, 0.4) is 0 Å². The minimum Gasteiger partial charge on any atom is -0.478 e. The van der Waals surface area contributed by atoms with Gasteiger partial charge in [-0.1, -0.05) is 6.42 Å². The van der Waals surface area contributed by atoms with E-state index in [1.165, 1.54) is 30.1 Å². The number of hydrogen-bond acceptors (Lipinski definition) is 4. The lowest BCUT2D eigenvalue weighted by Crippen LogP contribution is -2.44. The Morgan fingerprint density at radius 3 is 2.67 bits per heavy atom. The number of carbonyl (C=O) groups excluding carboxylic acids is 1. The lowest BCUT2D eigenvalue weighted by Gasteiger charge is -2.29. The molecule has 2 N–H and O–H groups in total. The highest BCUT2D eigenvalue weighted by atomic mass is 16.4. The van der Waals surface area contributed by atoms with E-state index in [4.69, 9.17) is 5.11 Å². The molecule has 1 fully saturated rings. The van der Waals surface area contributed by atoms with Crippen molar-refractivity contribution >= 4 is 11.9 Å². The van der Waals surface area contributed by atoms with Gasteiger partial charge in [0.05, 0.1) is 0 Å². The fourth-order valence-corrected chi connectivity index (χ4v) is 2.68. The fraction of sp³-hybridized carbons (Fsp3) is 0.643. The fourth-order valence-electron chi connectivity index (χ4n) is 2.68. The first-order chi connectivity index (χ1) is 9.97. The summed E-state index contributed by atoms with van der Waals surface area (Å²) < 4.78 is 1.34. The molecule has 7 nitrogen and oxygen atoms in total. The van der Waals surface area contributed by atoms with Gasteiger partial charge in [-0.3, -0.25) is 9.48 Å². The maximum atomic E-state index is 12.2. The number of carbonyl (C=O) groups is 2. The van der Waals surface area contributed by atoms with E-state index in [9.17, 15) is 9.59 Å². The van der Waals surface area contributed by atoms with E-state index in [0.717, 1.165) is 19.6 Å². The molecule has 0 radical (unpaired) electrons. The number of carboxylic acids is 1. The highest BCUT2D eigenvalue weighted by Gasteiger charge is 2.23. The third-order valence-corrected chi connectivity index (χ3v) is 3.63. The number of aromatic carboxylic acids is 1. The summed E-state index contributed by atoms with van der Waals surface area (Å²) in [6.45, 7) is 4.82. The molecule has 1 amide bonds. The molecule has 116 valence electrons. The smallest absolute Gasteiger partial charge is 0.339 e. The Labute approximate surface area is 123 Å². The van der Waals surface area contributed by atoms with Gasteiger partial charge in [-0.15, -0.1) is 0 Å². The molecule has 0 aromatic carbocycles. The van der Waals surface area contributed by atoms with Crippen LogP contribution in [-0.2, 0) is 7.05 Å². The maximum absolute atomic E-state index is 12.2. The molecule has 21 heavy (non-hydrogen) atoms. The van der Waals surface area contributed by atoms with Crippen molar-refractivity contribution in [1.29, 1.82) is 0 Å². The van der Waals surface area contributed by atoms with Gasteiger partial charge in [0.25, 0.3) is 5.91 Å². The quantitative estimate of drug-likeness (QED) is 0.835. The van der Waals surface area contributed by atoms with E-state index in [-0.39, 0.29) is 17.3 Å². The van der Waals surface area contributed by atoms with Gasteiger partial charge < -0.3 is 15.3 Å². The second-order valence-electron chi connectivity index (χ2n) is 5.61. The molecule has 7 heteroatoms. The summed E-state index contributed by atoms with van der Waals surface area (Å²) in [5, 5.41) is 15.9. The normalized spacial score (nSPS) is 17.4. The molecule has 0 bridgehead atoms. The van der Waals surface area contributed by atoms with Crippen molar-refractivity contribution < 1.29 is 14.7 Å². The largest absolute Gasteiger partial charge is 0.478 e. The second kappa shape index (κ2) is 6.71. The Morgan fingerprint density at radius 1 is 1.38 bits per heavy atom. The molecule has 1 aliphatic rings. The van der Waals surface area contributed by atoms with Gasteiger partial charge in [-0.05, 0) is 32.9 Å². The average molecular weight is 294 g/mol. The zero-order valence-corrected chi connectivity index (χ0v) is 12.5. The van der Waals surface area contributed by atoms with Crippen LogP contribution in [0.15, 0.2) is 6.20 Å². The van der Waals surface area contributed by atoms with Crippen LogP contribution < -0.4 is 5.32 Å². The number of aromatic nitrogens is 2. The summed E-state index contributed by atoms with van der Waals surface area (Å²) in [6, 6.07) is -0.0424. The number of nitrogens with one attached hydrogen (secondary N) is 1. The summed E-state index contributed by atoms with van der Waals surface area (Å²) in [7, 11) is 1.60. The van der Waals surface area contributed by atoms with Crippen LogP contribution in [0, 0.1) is 0 Å². The van der Waals surface area contributed by atoms with E-state index >= 15 is 0 Å². The molecule has 0 unspecified atom stereocenters. The number of carboxylic acid groups (broad SMARTS) is 1. The van der Waals surface area contributed by atoms with Crippen LogP contribution >= 0.6 is 0 Å².